The van der Waals surface area contributed by atoms with Crippen LogP contribution in [0.15, 0.2) is 36.4 Å². The van der Waals surface area contributed by atoms with Crippen molar-refractivity contribution >= 4 is 28.6 Å². The van der Waals surface area contributed by atoms with Gasteiger partial charge in [0.15, 0.2) is 0 Å². The first-order chi connectivity index (χ1) is 8.99. The maximum Gasteiger partial charge on any atom is 0.106 e. The summed E-state index contributed by atoms with van der Waals surface area (Å²) in [5.74, 6) is 0. The molecule has 0 aliphatic carbocycles. The molecule has 0 amide bonds. The van der Waals surface area contributed by atoms with Gasteiger partial charge in [-0.3, -0.25) is 0 Å². The third-order valence-electron chi connectivity index (χ3n) is 3.31. The smallest absolute Gasteiger partial charge is 0.106 e. The molecule has 0 spiro atoms. The lowest BCUT2D eigenvalue weighted by Gasteiger charge is -2.15. The van der Waals surface area contributed by atoms with Gasteiger partial charge in [-0.05, 0) is 50.1 Å². The second-order valence-electron chi connectivity index (χ2n) is 4.79. The highest BCUT2D eigenvalue weighted by Crippen LogP contribution is 2.26. The molecule has 0 aromatic heterocycles. The van der Waals surface area contributed by atoms with Crippen LogP contribution in [0.1, 0.15) is 22.3 Å². The van der Waals surface area contributed by atoms with Gasteiger partial charge >= 0.3 is 0 Å². The van der Waals surface area contributed by atoms with E-state index >= 15 is 0 Å². The third-order valence-corrected chi connectivity index (χ3v) is 3.53. The first kappa shape index (κ1) is 13.6. The summed E-state index contributed by atoms with van der Waals surface area (Å²) in [6.07, 6.45) is 0. The fourth-order valence-electron chi connectivity index (χ4n) is 2.00. The number of rotatable bonds is 3. The van der Waals surface area contributed by atoms with Crippen LogP contribution in [0.2, 0.25) is 0 Å². The normalized spacial score (nSPS) is 10.3. The van der Waals surface area contributed by atoms with Crippen LogP contribution in [-0.4, -0.2) is 4.99 Å². The minimum Gasteiger partial charge on any atom is -0.389 e. The number of anilines is 2. The molecule has 0 fully saturated rings. The van der Waals surface area contributed by atoms with E-state index in [9.17, 15) is 0 Å². The zero-order chi connectivity index (χ0) is 14.0. The first-order valence-electron chi connectivity index (χ1n) is 6.22. The van der Waals surface area contributed by atoms with E-state index in [1.807, 2.05) is 25.1 Å². The minimum absolute atomic E-state index is 0.413. The first-order valence-corrected chi connectivity index (χ1v) is 6.63. The van der Waals surface area contributed by atoms with Crippen molar-refractivity contribution in [3.63, 3.8) is 0 Å². The van der Waals surface area contributed by atoms with Gasteiger partial charge in [0.2, 0.25) is 0 Å². The SMILES string of the molecule is Cc1ccc(Nc2cccc(C)c2C)c(C(N)=S)c1. The van der Waals surface area contributed by atoms with Crippen LogP contribution >= 0.6 is 12.2 Å². The van der Waals surface area contributed by atoms with Crippen LogP contribution in [0.3, 0.4) is 0 Å². The Labute approximate surface area is 119 Å². The zero-order valence-corrected chi connectivity index (χ0v) is 12.3. The topological polar surface area (TPSA) is 38.0 Å². The average Bonchev–Trinajstić information content (AvgIpc) is 2.36. The summed E-state index contributed by atoms with van der Waals surface area (Å²) < 4.78 is 0. The molecule has 3 N–H and O–H groups in total. The van der Waals surface area contributed by atoms with E-state index < -0.39 is 0 Å². The average molecular weight is 270 g/mol. The molecule has 0 bridgehead atoms. The summed E-state index contributed by atoms with van der Waals surface area (Å²) in [4.78, 5) is 0.413. The number of hydrogen-bond donors (Lipinski definition) is 2. The van der Waals surface area contributed by atoms with Crippen LogP contribution in [0.4, 0.5) is 11.4 Å². The van der Waals surface area contributed by atoms with E-state index in [0.717, 1.165) is 22.5 Å². The molecule has 0 heterocycles. The Morgan fingerprint density at radius 3 is 2.47 bits per heavy atom. The Bertz CT molecular complexity index is 633. The highest BCUT2D eigenvalue weighted by molar-refractivity contribution is 7.80. The highest BCUT2D eigenvalue weighted by Gasteiger charge is 2.07. The number of aryl methyl sites for hydroxylation is 2. The van der Waals surface area contributed by atoms with Crippen molar-refractivity contribution < 1.29 is 0 Å². The van der Waals surface area contributed by atoms with E-state index in [0.29, 0.717) is 4.99 Å². The van der Waals surface area contributed by atoms with Crippen molar-refractivity contribution in [3.8, 4) is 0 Å². The van der Waals surface area contributed by atoms with Gasteiger partial charge in [0.05, 0.1) is 0 Å². The lowest BCUT2D eigenvalue weighted by atomic mass is 10.1. The highest BCUT2D eigenvalue weighted by atomic mass is 32.1. The molecule has 0 saturated carbocycles. The number of benzene rings is 2. The van der Waals surface area contributed by atoms with Gasteiger partial charge in [-0.1, -0.05) is 36.0 Å². The van der Waals surface area contributed by atoms with Crippen molar-refractivity contribution in [3.05, 3.63) is 58.7 Å². The second kappa shape index (κ2) is 5.41. The molecule has 3 heteroatoms. The third kappa shape index (κ3) is 2.93. The van der Waals surface area contributed by atoms with Crippen molar-refractivity contribution in [2.24, 2.45) is 5.73 Å². The zero-order valence-electron chi connectivity index (χ0n) is 11.4. The Balaban J connectivity index is 2.44. The molecular formula is C16H18N2S. The molecule has 0 radical (unpaired) electrons. The van der Waals surface area contributed by atoms with Gasteiger partial charge < -0.3 is 11.1 Å². The molecule has 2 rings (SSSR count). The van der Waals surface area contributed by atoms with Gasteiger partial charge in [0, 0.05) is 16.9 Å². The summed E-state index contributed by atoms with van der Waals surface area (Å²) in [5.41, 5.74) is 12.4. The largest absolute Gasteiger partial charge is 0.389 e. The maximum atomic E-state index is 5.80. The van der Waals surface area contributed by atoms with Crippen molar-refractivity contribution in [2.45, 2.75) is 20.8 Å². The van der Waals surface area contributed by atoms with Crippen LogP contribution < -0.4 is 11.1 Å². The van der Waals surface area contributed by atoms with Crippen LogP contribution in [0.25, 0.3) is 0 Å². The van der Waals surface area contributed by atoms with Crippen molar-refractivity contribution in [1.29, 1.82) is 0 Å². The lowest BCUT2D eigenvalue weighted by molar-refractivity contribution is 1.33. The number of nitrogens with one attached hydrogen (secondary N) is 1. The van der Waals surface area contributed by atoms with E-state index in [1.165, 1.54) is 11.1 Å². The predicted octanol–water partition coefficient (Wildman–Crippen LogP) is 3.99. The summed E-state index contributed by atoms with van der Waals surface area (Å²) in [6.45, 7) is 6.24. The Hall–Kier alpha value is -1.87. The van der Waals surface area contributed by atoms with E-state index in [2.05, 4.69) is 37.4 Å². The molecule has 0 aliphatic rings. The van der Waals surface area contributed by atoms with Crippen LogP contribution in [0, 0.1) is 20.8 Å². The number of hydrogen-bond acceptors (Lipinski definition) is 2. The fraction of sp³-hybridized carbons (Fsp3) is 0.188. The molecule has 2 aromatic carbocycles. The van der Waals surface area contributed by atoms with Gasteiger partial charge in [-0.25, -0.2) is 0 Å². The van der Waals surface area contributed by atoms with Crippen molar-refractivity contribution in [1.82, 2.24) is 0 Å². The van der Waals surface area contributed by atoms with Crippen LogP contribution in [0.5, 0.6) is 0 Å². The quantitative estimate of drug-likeness (QED) is 0.828. The summed E-state index contributed by atoms with van der Waals surface area (Å²) >= 11 is 5.12. The fourth-order valence-corrected chi connectivity index (χ4v) is 2.17. The van der Waals surface area contributed by atoms with Gasteiger partial charge in [0.25, 0.3) is 0 Å². The molecule has 2 aromatic rings. The monoisotopic (exact) mass is 270 g/mol. The van der Waals surface area contributed by atoms with Crippen LogP contribution in [-0.2, 0) is 0 Å². The van der Waals surface area contributed by atoms with Gasteiger partial charge in [0.1, 0.15) is 4.99 Å². The molecule has 0 unspecified atom stereocenters. The van der Waals surface area contributed by atoms with E-state index in [-0.39, 0.29) is 0 Å². The number of thiocarbonyl (C=S) groups is 1. The van der Waals surface area contributed by atoms with Gasteiger partial charge in [-0.15, -0.1) is 0 Å². The minimum atomic E-state index is 0.413. The standard InChI is InChI=1S/C16H18N2S/c1-10-7-8-15(13(9-10)16(17)19)18-14-6-4-5-11(2)12(14)3/h4-9,18H,1-3H3,(H2,17,19). The molecule has 0 aliphatic heterocycles. The molecule has 98 valence electrons. The molecular weight excluding hydrogens is 252 g/mol. The van der Waals surface area contributed by atoms with E-state index in [4.69, 9.17) is 18.0 Å². The molecule has 19 heavy (non-hydrogen) atoms. The van der Waals surface area contributed by atoms with Gasteiger partial charge in [-0.2, -0.15) is 0 Å². The molecule has 2 nitrogen and oxygen atoms in total. The summed E-state index contributed by atoms with van der Waals surface area (Å²) in [7, 11) is 0. The summed E-state index contributed by atoms with van der Waals surface area (Å²) in [5, 5.41) is 3.42. The number of nitrogens with two attached hydrogens (primary N) is 1. The maximum absolute atomic E-state index is 5.80. The Morgan fingerprint density at radius 1 is 1.05 bits per heavy atom. The van der Waals surface area contributed by atoms with E-state index in [1.54, 1.807) is 0 Å². The predicted molar refractivity (Wildman–Crippen MR) is 86.3 cm³/mol. The summed E-state index contributed by atoms with van der Waals surface area (Å²) in [6, 6.07) is 12.3. The Morgan fingerprint density at radius 2 is 1.79 bits per heavy atom. The molecule has 0 saturated heterocycles. The molecule has 0 atom stereocenters. The van der Waals surface area contributed by atoms with Crippen molar-refractivity contribution in [2.75, 3.05) is 5.32 Å². The Kier molecular flexibility index (Phi) is 3.86. The lowest BCUT2D eigenvalue weighted by Crippen LogP contribution is -2.12. The second-order valence-corrected chi connectivity index (χ2v) is 5.23.